The average Bonchev–Trinajstić information content (AvgIpc) is 3.03. The highest BCUT2D eigenvalue weighted by atomic mass is 35.5. The maximum absolute atomic E-state index is 13.7. The van der Waals surface area contributed by atoms with Crippen molar-refractivity contribution >= 4 is 17.3 Å². The monoisotopic (exact) mass is 301 g/mol. The van der Waals surface area contributed by atoms with Gasteiger partial charge in [0.05, 0.1) is 11.4 Å². The molecule has 0 aliphatic carbocycles. The number of benzene rings is 2. The molecular weight excluding hydrogens is 289 g/mol. The summed E-state index contributed by atoms with van der Waals surface area (Å²) in [6.45, 7) is 0.352. The van der Waals surface area contributed by atoms with Crippen LogP contribution >= 0.6 is 11.6 Å². The van der Waals surface area contributed by atoms with E-state index in [1.54, 1.807) is 16.9 Å². The Balaban J connectivity index is 1.84. The molecule has 1 heterocycles. The van der Waals surface area contributed by atoms with Gasteiger partial charge in [-0.05, 0) is 36.4 Å². The minimum absolute atomic E-state index is 0.275. The number of nitrogens with one attached hydrogen (secondary N) is 1. The van der Waals surface area contributed by atoms with Crippen molar-refractivity contribution in [3.63, 3.8) is 0 Å². The van der Waals surface area contributed by atoms with E-state index in [-0.39, 0.29) is 5.82 Å². The quantitative estimate of drug-likeness (QED) is 0.779. The number of hydrogen-bond donors (Lipinski definition) is 1. The molecule has 106 valence electrons. The molecule has 0 saturated heterocycles. The van der Waals surface area contributed by atoms with Crippen LogP contribution in [-0.2, 0) is 6.54 Å². The van der Waals surface area contributed by atoms with E-state index in [0.29, 0.717) is 17.1 Å². The van der Waals surface area contributed by atoms with Crippen LogP contribution in [0, 0.1) is 5.82 Å². The van der Waals surface area contributed by atoms with E-state index in [4.69, 9.17) is 11.6 Å². The molecule has 1 aromatic heterocycles. The molecule has 0 fully saturated rings. The number of halogens is 2. The normalized spacial score (nSPS) is 10.6. The van der Waals surface area contributed by atoms with Gasteiger partial charge in [-0.3, -0.25) is 0 Å². The summed E-state index contributed by atoms with van der Waals surface area (Å²) in [5, 5.41) is 7.96. The SMILES string of the molecule is Fc1ccc(Cl)cc1CNc1ccccc1-n1cccn1. The first-order chi connectivity index (χ1) is 10.2. The molecule has 2 aromatic carbocycles. The molecule has 0 atom stereocenters. The van der Waals surface area contributed by atoms with Crippen LogP contribution in [-0.4, -0.2) is 9.78 Å². The van der Waals surface area contributed by atoms with E-state index < -0.39 is 0 Å². The summed E-state index contributed by atoms with van der Waals surface area (Å²) in [5.74, 6) is -0.275. The van der Waals surface area contributed by atoms with E-state index >= 15 is 0 Å². The Kier molecular flexibility index (Phi) is 3.88. The smallest absolute Gasteiger partial charge is 0.128 e. The van der Waals surface area contributed by atoms with Crippen LogP contribution in [0.2, 0.25) is 5.02 Å². The number of rotatable bonds is 4. The van der Waals surface area contributed by atoms with Crippen molar-refractivity contribution in [1.29, 1.82) is 0 Å². The zero-order chi connectivity index (χ0) is 14.7. The second kappa shape index (κ2) is 5.97. The highest BCUT2D eigenvalue weighted by Crippen LogP contribution is 2.21. The summed E-state index contributed by atoms with van der Waals surface area (Å²) in [5.41, 5.74) is 2.31. The summed E-state index contributed by atoms with van der Waals surface area (Å²) < 4.78 is 15.5. The van der Waals surface area contributed by atoms with Crippen molar-refractivity contribution in [3.8, 4) is 5.69 Å². The predicted octanol–water partition coefficient (Wildman–Crippen LogP) is 4.28. The molecular formula is C16H13ClFN3. The minimum atomic E-state index is -0.275. The topological polar surface area (TPSA) is 29.9 Å². The van der Waals surface area contributed by atoms with Gasteiger partial charge in [-0.15, -0.1) is 0 Å². The van der Waals surface area contributed by atoms with Gasteiger partial charge in [-0.25, -0.2) is 9.07 Å². The Morgan fingerprint density at radius 2 is 2.00 bits per heavy atom. The summed E-state index contributed by atoms with van der Waals surface area (Å²) in [6.07, 6.45) is 3.58. The molecule has 5 heteroatoms. The van der Waals surface area contributed by atoms with Gasteiger partial charge in [0, 0.05) is 29.5 Å². The lowest BCUT2D eigenvalue weighted by atomic mass is 10.2. The van der Waals surface area contributed by atoms with Crippen LogP contribution in [0.5, 0.6) is 0 Å². The Bertz CT molecular complexity index is 741. The van der Waals surface area contributed by atoms with E-state index in [9.17, 15) is 4.39 Å². The van der Waals surface area contributed by atoms with Gasteiger partial charge in [0.1, 0.15) is 5.82 Å². The Labute approximate surface area is 127 Å². The summed E-state index contributed by atoms with van der Waals surface area (Å²) in [6, 6.07) is 14.1. The van der Waals surface area contributed by atoms with Gasteiger partial charge in [0.25, 0.3) is 0 Å². The number of para-hydroxylation sites is 2. The third kappa shape index (κ3) is 3.06. The largest absolute Gasteiger partial charge is 0.379 e. The standard InChI is InChI=1S/C16H13ClFN3/c17-13-6-7-14(18)12(10-13)11-19-15-4-1-2-5-16(15)21-9-3-8-20-21/h1-10,19H,11H2. The maximum atomic E-state index is 13.7. The Morgan fingerprint density at radius 1 is 1.14 bits per heavy atom. The van der Waals surface area contributed by atoms with Gasteiger partial charge >= 0.3 is 0 Å². The van der Waals surface area contributed by atoms with Gasteiger partial charge in [-0.2, -0.15) is 5.10 Å². The molecule has 21 heavy (non-hydrogen) atoms. The second-order valence-electron chi connectivity index (χ2n) is 4.56. The zero-order valence-corrected chi connectivity index (χ0v) is 11.9. The lowest BCUT2D eigenvalue weighted by Gasteiger charge is -2.12. The average molecular weight is 302 g/mol. The third-order valence-corrected chi connectivity index (χ3v) is 3.37. The van der Waals surface area contributed by atoms with Gasteiger partial charge in [0.15, 0.2) is 0 Å². The molecule has 0 bridgehead atoms. The van der Waals surface area contributed by atoms with Crippen molar-refractivity contribution in [1.82, 2.24) is 9.78 Å². The molecule has 0 aliphatic rings. The molecule has 0 radical (unpaired) electrons. The minimum Gasteiger partial charge on any atom is -0.379 e. The Hall–Kier alpha value is -2.33. The summed E-state index contributed by atoms with van der Waals surface area (Å²) >= 11 is 5.90. The van der Waals surface area contributed by atoms with Crippen LogP contribution in [0.25, 0.3) is 5.69 Å². The van der Waals surface area contributed by atoms with Gasteiger partial charge in [-0.1, -0.05) is 23.7 Å². The van der Waals surface area contributed by atoms with Crippen LogP contribution < -0.4 is 5.32 Å². The maximum Gasteiger partial charge on any atom is 0.128 e. The molecule has 0 aliphatic heterocycles. The molecule has 1 N–H and O–H groups in total. The third-order valence-electron chi connectivity index (χ3n) is 3.13. The van der Waals surface area contributed by atoms with Crippen molar-refractivity contribution in [2.24, 2.45) is 0 Å². The number of nitrogens with zero attached hydrogens (tertiary/aromatic N) is 2. The summed E-state index contributed by atoms with van der Waals surface area (Å²) in [7, 11) is 0. The highest BCUT2D eigenvalue weighted by Gasteiger charge is 2.06. The fourth-order valence-electron chi connectivity index (χ4n) is 2.10. The van der Waals surface area contributed by atoms with Gasteiger partial charge in [0.2, 0.25) is 0 Å². The first-order valence-corrected chi connectivity index (χ1v) is 6.89. The van der Waals surface area contributed by atoms with Crippen molar-refractivity contribution in [2.45, 2.75) is 6.54 Å². The van der Waals surface area contributed by atoms with Crippen LogP contribution in [0.15, 0.2) is 60.9 Å². The first-order valence-electron chi connectivity index (χ1n) is 6.51. The van der Waals surface area contributed by atoms with Crippen molar-refractivity contribution in [3.05, 3.63) is 77.3 Å². The Morgan fingerprint density at radius 3 is 2.81 bits per heavy atom. The van der Waals surface area contributed by atoms with Crippen LogP contribution in [0.1, 0.15) is 5.56 Å². The molecule has 3 rings (SSSR count). The van der Waals surface area contributed by atoms with E-state index in [2.05, 4.69) is 10.4 Å². The van der Waals surface area contributed by atoms with E-state index in [0.717, 1.165) is 11.4 Å². The van der Waals surface area contributed by atoms with Crippen LogP contribution in [0.3, 0.4) is 0 Å². The first kappa shape index (κ1) is 13.6. The van der Waals surface area contributed by atoms with E-state index in [1.807, 2.05) is 36.5 Å². The lowest BCUT2D eigenvalue weighted by Crippen LogP contribution is -2.06. The summed E-state index contributed by atoms with van der Waals surface area (Å²) in [4.78, 5) is 0. The fourth-order valence-corrected chi connectivity index (χ4v) is 2.30. The fraction of sp³-hybridized carbons (Fsp3) is 0.0625. The predicted molar refractivity (Wildman–Crippen MR) is 82.3 cm³/mol. The van der Waals surface area contributed by atoms with Crippen molar-refractivity contribution < 1.29 is 4.39 Å². The van der Waals surface area contributed by atoms with E-state index in [1.165, 1.54) is 12.1 Å². The molecule has 0 amide bonds. The number of anilines is 1. The number of aromatic nitrogens is 2. The lowest BCUT2D eigenvalue weighted by molar-refractivity contribution is 0.613. The number of hydrogen-bond acceptors (Lipinski definition) is 2. The highest BCUT2D eigenvalue weighted by molar-refractivity contribution is 6.30. The van der Waals surface area contributed by atoms with Crippen molar-refractivity contribution in [2.75, 3.05) is 5.32 Å². The van der Waals surface area contributed by atoms with Crippen LogP contribution in [0.4, 0.5) is 10.1 Å². The molecule has 3 nitrogen and oxygen atoms in total. The van der Waals surface area contributed by atoms with Gasteiger partial charge < -0.3 is 5.32 Å². The molecule has 0 unspecified atom stereocenters. The molecule has 3 aromatic rings. The zero-order valence-electron chi connectivity index (χ0n) is 11.1. The second-order valence-corrected chi connectivity index (χ2v) is 4.99. The molecule has 0 saturated carbocycles. The molecule has 0 spiro atoms.